The van der Waals surface area contributed by atoms with Gasteiger partial charge in [-0.05, 0) is 30.7 Å². The van der Waals surface area contributed by atoms with Crippen molar-refractivity contribution in [3.05, 3.63) is 72.8 Å². The summed E-state index contributed by atoms with van der Waals surface area (Å²) in [5, 5.41) is 7.14. The van der Waals surface area contributed by atoms with Crippen molar-refractivity contribution in [3.8, 4) is 5.69 Å². The lowest BCUT2D eigenvalue weighted by Gasteiger charge is -2.25. The molecule has 1 N–H and O–H groups in total. The van der Waals surface area contributed by atoms with Gasteiger partial charge in [0.05, 0.1) is 29.8 Å². The summed E-state index contributed by atoms with van der Waals surface area (Å²) in [5.41, 5.74) is 2.57. The normalized spacial score (nSPS) is 11.8. The number of amides is 2. The molecule has 2 amide bonds. The average Bonchev–Trinajstić information content (AvgIpc) is 3.10. The van der Waals surface area contributed by atoms with Gasteiger partial charge in [-0.2, -0.15) is 5.10 Å². The predicted molar refractivity (Wildman–Crippen MR) is 93.0 cm³/mol. The van der Waals surface area contributed by atoms with E-state index in [4.69, 9.17) is 0 Å². The largest absolute Gasteiger partial charge is 0.322 e. The number of aromatic nitrogens is 3. The summed E-state index contributed by atoms with van der Waals surface area (Å²) in [6.07, 6.45) is 6.90. The molecule has 1 aromatic carbocycles. The molecule has 0 aliphatic rings. The van der Waals surface area contributed by atoms with Crippen LogP contribution >= 0.6 is 0 Å². The Morgan fingerprint density at radius 1 is 1.17 bits per heavy atom. The van der Waals surface area contributed by atoms with Gasteiger partial charge in [0.15, 0.2) is 0 Å². The van der Waals surface area contributed by atoms with Gasteiger partial charge in [-0.1, -0.05) is 24.3 Å². The van der Waals surface area contributed by atoms with Gasteiger partial charge in [0, 0.05) is 19.4 Å². The highest BCUT2D eigenvalue weighted by Crippen LogP contribution is 2.19. The molecule has 0 saturated heterocycles. The standard InChI is InChI=1S/C18H19N5O/c1-14(15-7-6-10-19-11-15)22(2)18(24)21-16-12-20-23(13-16)17-8-4-3-5-9-17/h3-14H,1-2H3,(H,21,24). The molecule has 0 aliphatic heterocycles. The number of carbonyl (C=O) groups is 1. The Labute approximate surface area is 140 Å². The molecular weight excluding hydrogens is 302 g/mol. The second-order valence-corrected chi connectivity index (χ2v) is 5.51. The molecule has 2 aromatic heterocycles. The maximum atomic E-state index is 12.4. The van der Waals surface area contributed by atoms with Crippen LogP contribution in [0.1, 0.15) is 18.5 Å². The third-order valence-electron chi connectivity index (χ3n) is 3.92. The fourth-order valence-electron chi connectivity index (χ4n) is 2.34. The first-order chi connectivity index (χ1) is 11.6. The van der Waals surface area contributed by atoms with E-state index >= 15 is 0 Å². The lowest BCUT2D eigenvalue weighted by atomic mass is 10.1. The van der Waals surface area contributed by atoms with Crippen molar-refractivity contribution in [2.45, 2.75) is 13.0 Å². The molecule has 0 aliphatic carbocycles. The third-order valence-corrected chi connectivity index (χ3v) is 3.92. The van der Waals surface area contributed by atoms with E-state index in [0.717, 1.165) is 11.3 Å². The number of anilines is 1. The minimum absolute atomic E-state index is 0.0807. The molecule has 3 aromatic rings. The lowest BCUT2D eigenvalue weighted by molar-refractivity contribution is 0.208. The Bertz CT molecular complexity index is 801. The summed E-state index contributed by atoms with van der Waals surface area (Å²) in [5.74, 6) is 0. The van der Waals surface area contributed by atoms with Crippen molar-refractivity contribution in [1.82, 2.24) is 19.7 Å². The van der Waals surface area contributed by atoms with Crippen LogP contribution in [0, 0.1) is 0 Å². The van der Waals surface area contributed by atoms with Gasteiger partial charge >= 0.3 is 6.03 Å². The van der Waals surface area contributed by atoms with E-state index in [-0.39, 0.29) is 12.1 Å². The summed E-state index contributed by atoms with van der Waals surface area (Å²) < 4.78 is 1.72. The Morgan fingerprint density at radius 2 is 1.96 bits per heavy atom. The third kappa shape index (κ3) is 3.43. The lowest BCUT2D eigenvalue weighted by Crippen LogP contribution is -2.33. The van der Waals surface area contributed by atoms with Crippen LogP contribution in [0.15, 0.2) is 67.3 Å². The highest BCUT2D eigenvalue weighted by Gasteiger charge is 2.18. The van der Waals surface area contributed by atoms with Gasteiger partial charge in [0.2, 0.25) is 0 Å². The number of nitrogens with one attached hydrogen (secondary N) is 1. The number of hydrogen-bond acceptors (Lipinski definition) is 3. The SMILES string of the molecule is CC(c1cccnc1)N(C)C(=O)Nc1cnn(-c2ccccc2)c1. The van der Waals surface area contributed by atoms with Gasteiger partial charge in [0.25, 0.3) is 0 Å². The first-order valence-corrected chi connectivity index (χ1v) is 7.69. The number of rotatable bonds is 4. The molecule has 24 heavy (non-hydrogen) atoms. The zero-order valence-electron chi connectivity index (χ0n) is 13.6. The minimum atomic E-state index is -0.195. The number of para-hydroxylation sites is 1. The van der Waals surface area contributed by atoms with Crippen molar-refractivity contribution in [1.29, 1.82) is 0 Å². The van der Waals surface area contributed by atoms with E-state index in [1.807, 2.05) is 49.4 Å². The fraction of sp³-hybridized carbons (Fsp3) is 0.167. The van der Waals surface area contributed by atoms with E-state index in [0.29, 0.717) is 5.69 Å². The number of pyridine rings is 1. The van der Waals surface area contributed by atoms with E-state index in [1.165, 1.54) is 0 Å². The first kappa shape index (κ1) is 15.7. The van der Waals surface area contributed by atoms with Crippen molar-refractivity contribution in [2.75, 3.05) is 12.4 Å². The maximum Gasteiger partial charge on any atom is 0.322 e. The van der Waals surface area contributed by atoms with Gasteiger partial charge in [-0.25, -0.2) is 9.48 Å². The number of benzene rings is 1. The molecule has 122 valence electrons. The van der Waals surface area contributed by atoms with E-state index in [1.54, 1.807) is 41.4 Å². The van der Waals surface area contributed by atoms with Gasteiger partial charge < -0.3 is 10.2 Å². The quantitative estimate of drug-likeness (QED) is 0.800. The smallest absolute Gasteiger partial charge is 0.321 e. The van der Waals surface area contributed by atoms with Crippen LogP contribution in [0.2, 0.25) is 0 Å². The number of nitrogens with zero attached hydrogens (tertiary/aromatic N) is 4. The Kier molecular flexibility index (Phi) is 4.56. The number of urea groups is 1. The van der Waals surface area contributed by atoms with Crippen LogP contribution in [-0.2, 0) is 0 Å². The van der Waals surface area contributed by atoms with E-state index in [2.05, 4.69) is 15.4 Å². The summed E-state index contributed by atoms with van der Waals surface area (Å²) >= 11 is 0. The zero-order chi connectivity index (χ0) is 16.9. The van der Waals surface area contributed by atoms with Gasteiger partial charge in [0.1, 0.15) is 0 Å². The summed E-state index contributed by atoms with van der Waals surface area (Å²) in [7, 11) is 1.76. The Morgan fingerprint density at radius 3 is 2.67 bits per heavy atom. The molecule has 0 fully saturated rings. The Balaban J connectivity index is 1.68. The van der Waals surface area contributed by atoms with Crippen LogP contribution in [0.5, 0.6) is 0 Å². The molecule has 6 nitrogen and oxygen atoms in total. The number of carbonyl (C=O) groups excluding carboxylic acids is 1. The first-order valence-electron chi connectivity index (χ1n) is 7.69. The molecule has 1 unspecified atom stereocenters. The number of hydrogen-bond donors (Lipinski definition) is 1. The van der Waals surface area contributed by atoms with Gasteiger partial charge in [-0.3, -0.25) is 4.98 Å². The molecule has 0 radical (unpaired) electrons. The molecule has 1 atom stereocenters. The second-order valence-electron chi connectivity index (χ2n) is 5.51. The van der Waals surface area contributed by atoms with Crippen molar-refractivity contribution in [3.63, 3.8) is 0 Å². The molecule has 6 heteroatoms. The zero-order valence-corrected chi connectivity index (χ0v) is 13.6. The molecule has 0 spiro atoms. The average molecular weight is 321 g/mol. The molecule has 0 saturated carbocycles. The fourth-order valence-corrected chi connectivity index (χ4v) is 2.34. The van der Waals surface area contributed by atoms with Crippen LogP contribution in [-0.4, -0.2) is 32.7 Å². The highest BCUT2D eigenvalue weighted by atomic mass is 16.2. The second kappa shape index (κ2) is 6.95. The Hall–Kier alpha value is -3.15. The van der Waals surface area contributed by atoms with Gasteiger partial charge in [-0.15, -0.1) is 0 Å². The van der Waals surface area contributed by atoms with Crippen molar-refractivity contribution < 1.29 is 4.79 Å². The minimum Gasteiger partial charge on any atom is -0.321 e. The van der Waals surface area contributed by atoms with E-state index < -0.39 is 0 Å². The highest BCUT2D eigenvalue weighted by molar-refractivity contribution is 5.89. The monoisotopic (exact) mass is 321 g/mol. The van der Waals surface area contributed by atoms with Crippen LogP contribution in [0.25, 0.3) is 5.69 Å². The predicted octanol–water partition coefficient (Wildman–Crippen LogP) is 3.49. The van der Waals surface area contributed by atoms with Crippen LogP contribution in [0.4, 0.5) is 10.5 Å². The van der Waals surface area contributed by atoms with E-state index in [9.17, 15) is 4.79 Å². The summed E-state index contributed by atoms with van der Waals surface area (Å²) in [6.45, 7) is 1.96. The van der Waals surface area contributed by atoms with Crippen molar-refractivity contribution >= 4 is 11.7 Å². The van der Waals surface area contributed by atoms with Crippen LogP contribution < -0.4 is 5.32 Å². The molecule has 2 heterocycles. The maximum absolute atomic E-state index is 12.4. The topological polar surface area (TPSA) is 63.1 Å². The van der Waals surface area contributed by atoms with Crippen LogP contribution in [0.3, 0.4) is 0 Å². The van der Waals surface area contributed by atoms with Crippen molar-refractivity contribution in [2.24, 2.45) is 0 Å². The summed E-state index contributed by atoms with van der Waals surface area (Å²) in [6, 6.07) is 13.3. The molecule has 3 rings (SSSR count). The summed E-state index contributed by atoms with van der Waals surface area (Å²) in [4.78, 5) is 18.2. The molecule has 0 bridgehead atoms. The molecular formula is C18H19N5O.